The minimum Gasteiger partial charge on any atom is -0.872 e. The first-order valence-electron chi connectivity index (χ1n) is 7.22. The van der Waals surface area contributed by atoms with Crippen molar-refractivity contribution in [1.29, 1.82) is 0 Å². The van der Waals surface area contributed by atoms with Gasteiger partial charge in [0.05, 0.1) is 0 Å². The molecule has 0 N–H and O–H groups in total. The van der Waals surface area contributed by atoms with Crippen molar-refractivity contribution in [2.75, 3.05) is 0 Å². The zero-order valence-corrected chi connectivity index (χ0v) is 19.6. The van der Waals surface area contributed by atoms with Crippen LogP contribution < -0.4 is 69.3 Å². The van der Waals surface area contributed by atoms with Crippen LogP contribution in [-0.2, 0) is 5.41 Å². The molecule has 0 spiro atoms. The van der Waals surface area contributed by atoms with Gasteiger partial charge in [-0.2, -0.15) is 0 Å². The van der Waals surface area contributed by atoms with E-state index in [1.165, 1.54) is 0 Å². The van der Waals surface area contributed by atoms with Crippen molar-refractivity contribution in [3.8, 4) is 11.5 Å². The largest absolute Gasteiger partial charge is 1.00 e. The Bertz CT molecular complexity index is 601. The Morgan fingerprint density at radius 2 is 0.826 bits per heavy atom. The Morgan fingerprint density at radius 1 is 0.609 bits per heavy atom. The molecule has 0 aliphatic rings. The molecule has 0 atom stereocenters. The molecule has 0 unspecified atom stereocenters. The summed E-state index contributed by atoms with van der Waals surface area (Å²) in [5, 5.41) is 23.8. The summed E-state index contributed by atoms with van der Waals surface area (Å²) in [6.45, 7) is 11.7. The first-order valence-corrected chi connectivity index (χ1v) is 7.22. The van der Waals surface area contributed by atoms with Crippen LogP contribution in [0.3, 0.4) is 0 Å². The fraction of sp³-hybridized carbons (Fsp3) is 0.368. The van der Waals surface area contributed by atoms with Gasteiger partial charge in [-0.05, 0) is 38.8 Å². The summed E-state index contributed by atoms with van der Waals surface area (Å²) in [4.78, 5) is 0. The van der Waals surface area contributed by atoms with Crippen LogP contribution in [0.2, 0.25) is 0 Å². The van der Waals surface area contributed by atoms with E-state index in [0.29, 0.717) is 0 Å². The van der Waals surface area contributed by atoms with Crippen LogP contribution in [0.15, 0.2) is 24.3 Å². The number of rotatable bonds is 2. The van der Waals surface area contributed by atoms with E-state index in [0.717, 1.165) is 33.4 Å². The first kappa shape index (κ1) is 23.0. The molecule has 0 radical (unpaired) electrons. The van der Waals surface area contributed by atoms with E-state index in [9.17, 15) is 10.2 Å². The summed E-state index contributed by atoms with van der Waals surface area (Å²) < 4.78 is 0. The van der Waals surface area contributed by atoms with Crippen molar-refractivity contribution < 1.29 is 69.3 Å². The fourth-order valence-corrected chi connectivity index (χ4v) is 2.79. The van der Waals surface area contributed by atoms with Gasteiger partial charge in [0.2, 0.25) is 0 Å². The molecule has 2 nitrogen and oxygen atoms in total. The van der Waals surface area contributed by atoms with Crippen molar-refractivity contribution >= 4 is 0 Å². The number of benzene rings is 2. The second-order valence-corrected chi connectivity index (χ2v) is 6.50. The molecule has 0 aliphatic heterocycles. The van der Waals surface area contributed by atoms with Crippen LogP contribution in [0.4, 0.5) is 0 Å². The van der Waals surface area contributed by atoms with Crippen LogP contribution in [0.5, 0.6) is 11.5 Å². The third kappa shape index (κ3) is 4.56. The third-order valence-corrected chi connectivity index (χ3v) is 4.36. The molecule has 0 saturated heterocycles. The zero-order chi connectivity index (χ0) is 15.9. The van der Waals surface area contributed by atoms with Crippen LogP contribution in [-0.4, -0.2) is 0 Å². The molecule has 0 fully saturated rings. The van der Waals surface area contributed by atoms with Gasteiger partial charge in [-0.15, -0.1) is 11.5 Å². The van der Waals surface area contributed by atoms with Crippen molar-refractivity contribution in [3.05, 3.63) is 57.6 Å². The molecule has 0 aliphatic carbocycles. The van der Waals surface area contributed by atoms with Crippen LogP contribution in [0, 0.1) is 27.7 Å². The van der Waals surface area contributed by atoms with E-state index in [1.54, 1.807) is 0 Å². The van der Waals surface area contributed by atoms with Gasteiger partial charge in [0.1, 0.15) is 0 Å². The summed E-state index contributed by atoms with van der Waals surface area (Å²) in [5.41, 5.74) is 5.05. The average Bonchev–Trinajstić information content (AvgIpc) is 2.40. The fourth-order valence-electron chi connectivity index (χ4n) is 2.79. The van der Waals surface area contributed by atoms with Crippen LogP contribution in [0.1, 0.15) is 47.2 Å². The smallest absolute Gasteiger partial charge is 0.872 e. The summed E-state index contributed by atoms with van der Waals surface area (Å²) >= 11 is 0. The molecule has 2 aromatic rings. The van der Waals surface area contributed by atoms with E-state index in [2.05, 4.69) is 13.8 Å². The van der Waals surface area contributed by atoms with E-state index in [1.807, 2.05) is 52.0 Å². The Morgan fingerprint density at radius 3 is 1.04 bits per heavy atom. The van der Waals surface area contributed by atoms with Crippen LogP contribution in [0.25, 0.3) is 0 Å². The topological polar surface area (TPSA) is 46.1 Å². The maximum Gasteiger partial charge on any atom is 1.00 e. The molecule has 4 heteroatoms. The summed E-state index contributed by atoms with van der Waals surface area (Å²) in [7, 11) is 0. The second-order valence-electron chi connectivity index (χ2n) is 6.50. The molecule has 2 aromatic carbocycles. The average molecular weight is 328 g/mol. The minimum atomic E-state index is -0.244. The van der Waals surface area contributed by atoms with E-state index < -0.39 is 0 Å². The van der Waals surface area contributed by atoms with Crippen molar-refractivity contribution in [2.24, 2.45) is 0 Å². The summed E-state index contributed by atoms with van der Waals surface area (Å²) in [6, 6.07) is 7.85. The predicted octanol–water partition coefficient (Wildman–Crippen LogP) is -2.60. The Kier molecular flexibility index (Phi) is 8.43. The molecular weight excluding hydrogens is 306 g/mol. The molecule has 2 rings (SSSR count). The van der Waals surface area contributed by atoms with Gasteiger partial charge in [0.15, 0.2) is 0 Å². The quantitative estimate of drug-likeness (QED) is 0.568. The number of aryl methyl sites for hydroxylation is 4. The van der Waals surface area contributed by atoms with Gasteiger partial charge >= 0.3 is 59.1 Å². The summed E-state index contributed by atoms with van der Waals surface area (Å²) in [5.74, 6) is 0.216. The molecule has 0 heterocycles. The molecule has 112 valence electrons. The summed E-state index contributed by atoms with van der Waals surface area (Å²) in [6.07, 6.45) is 0. The molecule has 0 amide bonds. The van der Waals surface area contributed by atoms with Crippen LogP contribution >= 0.6 is 0 Å². The Labute approximate surface area is 183 Å². The normalized spacial score (nSPS) is 10.7. The molecule has 0 saturated carbocycles. The molecule has 0 aromatic heterocycles. The van der Waals surface area contributed by atoms with Gasteiger partial charge in [-0.1, -0.05) is 60.4 Å². The monoisotopic (exact) mass is 328 g/mol. The third-order valence-electron chi connectivity index (χ3n) is 4.36. The maximum absolute atomic E-state index is 11.9. The standard InChI is InChI=1S/C19H24O2.2Na/c1-11-7-15(8-12(2)17(11)20)19(5,6)16-9-13(3)18(21)14(4)10-16;;/h7-10,20-21H,1-6H3;;/q;2*+1/p-2. The van der Waals surface area contributed by atoms with Gasteiger partial charge in [-0.25, -0.2) is 0 Å². The minimum absolute atomic E-state index is 0. The van der Waals surface area contributed by atoms with Crippen molar-refractivity contribution in [3.63, 3.8) is 0 Å². The number of hydrogen-bond donors (Lipinski definition) is 0. The van der Waals surface area contributed by atoms with E-state index in [4.69, 9.17) is 0 Å². The van der Waals surface area contributed by atoms with Gasteiger partial charge in [0, 0.05) is 5.41 Å². The number of hydrogen-bond acceptors (Lipinski definition) is 2. The molecule has 0 bridgehead atoms. The van der Waals surface area contributed by atoms with Crippen molar-refractivity contribution in [2.45, 2.75) is 47.0 Å². The predicted molar refractivity (Wildman–Crippen MR) is 82.9 cm³/mol. The zero-order valence-electron chi connectivity index (χ0n) is 15.6. The molecule has 23 heavy (non-hydrogen) atoms. The van der Waals surface area contributed by atoms with E-state index >= 15 is 0 Å². The van der Waals surface area contributed by atoms with Gasteiger partial charge < -0.3 is 10.2 Å². The maximum atomic E-state index is 11.9. The Hall–Kier alpha value is 0.0400. The van der Waals surface area contributed by atoms with E-state index in [-0.39, 0.29) is 76.0 Å². The Balaban J connectivity index is 0.00000242. The first-order chi connectivity index (χ1) is 9.64. The van der Waals surface area contributed by atoms with Gasteiger partial charge in [0.25, 0.3) is 0 Å². The second kappa shape index (κ2) is 8.42. The van der Waals surface area contributed by atoms with Crippen molar-refractivity contribution in [1.82, 2.24) is 0 Å². The van der Waals surface area contributed by atoms with Gasteiger partial charge in [-0.3, -0.25) is 0 Å². The molecular formula is C19H22Na2O2. The SMILES string of the molecule is Cc1cc(C(C)(C)c2cc(C)c([O-])c(C)c2)cc(C)c1[O-].[Na+].[Na+].